The molecule has 0 aromatic carbocycles. The quantitative estimate of drug-likeness (QED) is 0.262. The van der Waals surface area contributed by atoms with Crippen LogP contribution in [0, 0.1) is 0 Å². The Kier molecular flexibility index (Phi) is 11.2. The highest BCUT2D eigenvalue weighted by Crippen LogP contribution is 2.09. The SMILES string of the molecule is CCCN=C1NC(NCCc2ccncc2)N(C)C=C1C(=O)NCCCNC(=O)CNC. The summed E-state index contributed by atoms with van der Waals surface area (Å²) in [5.74, 6) is 0.346. The lowest BCUT2D eigenvalue weighted by Gasteiger charge is -2.35. The molecule has 2 rings (SSSR count). The molecule has 5 N–H and O–H groups in total. The maximum Gasteiger partial charge on any atom is 0.256 e. The Morgan fingerprint density at radius 1 is 1.19 bits per heavy atom. The van der Waals surface area contributed by atoms with Crippen molar-refractivity contribution in [2.45, 2.75) is 32.5 Å². The summed E-state index contributed by atoms with van der Waals surface area (Å²) in [6.45, 7) is 4.72. The third-order valence-electron chi connectivity index (χ3n) is 4.81. The summed E-state index contributed by atoms with van der Waals surface area (Å²) in [5, 5.41) is 15.3. The van der Waals surface area contributed by atoms with E-state index in [1.165, 1.54) is 5.56 Å². The van der Waals surface area contributed by atoms with Crippen LogP contribution in [0.3, 0.4) is 0 Å². The Morgan fingerprint density at radius 2 is 1.94 bits per heavy atom. The number of hydrogen-bond acceptors (Lipinski definition) is 7. The zero-order chi connectivity index (χ0) is 23.2. The number of nitrogens with zero attached hydrogens (tertiary/aromatic N) is 3. The van der Waals surface area contributed by atoms with E-state index in [1.807, 2.05) is 30.3 Å². The number of carbonyl (C=O) groups is 2. The highest BCUT2D eigenvalue weighted by Gasteiger charge is 2.26. The van der Waals surface area contributed by atoms with E-state index in [9.17, 15) is 9.59 Å². The molecule has 0 aliphatic carbocycles. The van der Waals surface area contributed by atoms with E-state index in [0.717, 1.165) is 19.4 Å². The zero-order valence-corrected chi connectivity index (χ0v) is 19.3. The van der Waals surface area contributed by atoms with Gasteiger partial charge in [0, 0.05) is 51.8 Å². The summed E-state index contributed by atoms with van der Waals surface area (Å²) < 4.78 is 0. The topological polar surface area (TPSA) is 123 Å². The van der Waals surface area contributed by atoms with Crippen LogP contribution in [0.1, 0.15) is 25.3 Å². The molecule has 1 aromatic heterocycles. The van der Waals surface area contributed by atoms with Crippen LogP contribution in [0.2, 0.25) is 0 Å². The molecule has 1 aromatic rings. The van der Waals surface area contributed by atoms with Crippen LogP contribution in [0.4, 0.5) is 0 Å². The molecule has 10 nitrogen and oxygen atoms in total. The first-order valence-corrected chi connectivity index (χ1v) is 11.1. The van der Waals surface area contributed by atoms with Crippen LogP contribution in [-0.4, -0.2) is 80.6 Å². The Balaban J connectivity index is 1.88. The average molecular weight is 445 g/mol. The minimum atomic E-state index is -0.184. The minimum Gasteiger partial charge on any atom is -0.355 e. The van der Waals surface area contributed by atoms with Crippen molar-refractivity contribution in [2.75, 3.05) is 46.8 Å². The molecule has 0 spiro atoms. The molecule has 1 aliphatic heterocycles. The van der Waals surface area contributed by atoms with Gasteiger partial charge in [0.1, 0.15) is 5.84 Å². The van der Waals surface area contributed by atoms with Crippen molar-refractivity contribution in [1.82, 2.24) is 36.5 Å². The van der Waals surface area contributed by atoms with Crippen molar-refractivity contribution in [3.8, 4) is 0 Å². The molecule has 2 heterocycles. The molecule has 1 aliphatic rings. The molecule has 0 fully saturated rings. The Bertz CT molecular complexity index is 781. The molecular weight excluding hydrogens is 408 g/mol. The molecule has 2 amide bonds. The number of likely N-dealkylation sites (N-methyl/N-ethyl adjacent to an activating group) is 1. The smallest absolute Gasteiger partial charge is 0.256 e. The molecule has 0 bridgehead atoms. The number of rotatable bonds is 13. The van der Waals surface area contributed by atoms with E-state index in [-0.39, 0.29) is 24.6 Å². The van der Waals surface area contributed by atoms with Gasteiger partial charge >= 0.3 is 0 Å². The van der Waals surface area contributed by atoms with Gasteiger partial charge in [-0.15, -0.1) is 0 Å². The summed E-state index contributed by atoms with van der Waals surface area (Å²) in [6.07, 6.45) is 7.66. The number of aliphatic imine (C=N–C) groups is 1. The van der Waals surface area contributed by atoms with Crippen molar-refractivity contribution < 1.29 is 9.59 Å². The maximum atomic E-state index is 12.8. The van der Waals surface area contributed by atoms with E-state index in [4.69, 9.17) is 0 Å². The van der Waals surface area contributed by atoms with Crippen LogP contribution in [0.5, 0.6) is 0 Å². The predicted molar refractivity (Wildman–Crippen MR) is 126 cm³/mol. The first kappa shape index (κ1) is 25.3. The largest absolute Gasteiger partial charge is 0.355 e. The van der Waals surface area contributed by atoms with E-state index in [1.54, 1.807) is 19.4 Å². The van der Waals surface area contributed by atoms with E-state index < -0.39 is 0 Å². The summed E-state index contributed by atoms with van der Waals surface area (Å²) in [7, 11) is 3.64. The first-order chi connectivity index (χ1) is 15.5. The van der Waals surface area contributed by atoms with Crippen LogP contribution in [-0.2, 0) is 16.0 Å². The molecule has 0 saturated heterocycles. The molecule has 1 atom stereocenters. The van der Waals surface area contributed by atoms with Gasteiger partial charge in [-0.2, -0.15) is 0 Å². The second kappa shape index (κ2) is 14.2. The number of amides is 2. The number of aromatic nitrogens is 1. The molecule has 0 radical (unpaired) electrons. The third-order valence-corrected chi connectivity index (χ3v) is 4.81. The highest BCUT2D eigenvalue weighted by atomic mass is 16.2. The lowest BCUT2D eigenvalue weighted by molar-refractivity contribution is -0.120. The van der Waals surface area contributed by atoms with Crippen LogP contribution >= 0.6 is 0 Å². The normalized spacial score (nSPS) is 17.0. The van der Waals surface area contributed by atoms with Crippen molar-refractivity contribution in [1.29, 1.82) is 0 Å². The monoisotopic (exact) mass is 444 g/mol. The van der Waals surface area contributed by atoms with Gasteiger partial charge in [-0.05, 0) is 44.0 Å². The van der Waals surface area contributed by atoms with Gasteiger partial charge in [-0.3, -0.25) is 24.9 Å². The molecular formula is C22H36N8O2. The fraction of sp³-hybridized carbons (Fsp3) is 0.545. The van der Waals surface area contributed by atoms with Gasteiger partial charge < -0.3 is 26.2 Å². The van der Waals surface area contributed by atoms with Gasteiger partial charge in [0.15, 0.2) is 6.29 Å². The molecule has 10 heteroatoms. The first-order valence-electron chi connectivity index (χ1n) is 11.1. The van der Waals surface area contributed by atoms with Gasteiger partial charge in [0.2, 0.25) is 5.91 Å². The Morgan fingerprint density at radius 3 is 2.66 bits per heavy atom. The lowest BCUT2D eigenvalue weighted by atomic mass is 10.2. The van der Waals surface area contributed by atoms with E-state index in [2.05, 4.69) is 43.5 Å². The van der Waals surface area contributed by atoms with Gasteiger partial charge in [0.05, 0.1) is 12.1 Å². The van der Waals surface area contributed by atoms with E-state index >= 15 is 0 Å². The average Bonchev–Trinajstić information content (AvgIpc) is 2.79. The second-order valence-electron chi connectivity index (χ2n) is 7.53. The molecule has 0 saturated carbocycles. The van der Waals surface area contributed by atoms with E-state index in [0.29, 0.717) is 37.5 Å². The van der Waals surface area contributed by atoms with Gasteiger partial charge in [-0.1, -0.05) is 6.92 Å². The number of nitrogens with one attached hydrogen (secondary N) is 5. The van der Waals surface area contributed by atoms with Crippen molar-refractivity contribution in [3.05, 3.63) is 41.9 Å². The van der Waals surface area contributed by atoms with Crippen molar-refractivity contribution in [2.24, 2.45) is 4.99 Å². The van der Waals surface area contributed by atoms with Crippen molar-refractivity contribution >= 4 is 17.6 Å². The highest BCUT2D eigenvalue weighted by molar-refractivity contribution is 6.21. The molecule has 1 unspecified atom stereocenters. The van der Waals surface area contributed by atoms with Gasteiger partial charge in [-0.25, -0.2) is 0 Å². The lowest BCUT2D eigenvalue weighted by Crippen LogP contribution is -2.58. The van der Waals surface area contributed by atoms with Crippen molar-refractivity contribution in [3.63, 3.8) is 0 Å². The summed E-state index contributed by atoms with van der Waals surface area (Å²) >= 11 is 0. The molecule has 176 valence electrons. The van der Waals surface area contributed by atoms with Gasteiger partial charge in [0.25, 0.3) is 5.91 Å². The summed E-state index contributed by atoms with van der Waals surface area (Å²) in [5.41, 5.74) is 1.72. The summed E-state index contributed by atoms with van der Waals surface area (Å²) in [6, 6.07) is 4.00. The fourth-order valence-electron chi connectivity index (χ4n) is 3.10. The fourth-order valence-corrected chi connectivity index (χ4v) is 3.10. The predicted octanol–water partition coefficient (Wildman–Crippen LogP) is -0.433. The number of amidine groups is 1. The number of carbonyl (C=O) groups excluding carboxylic acids is 2. The summed E-state index contributed by atoms with van der Waals surface area (Å²) in [4.78, 5) is 34.8. The minimum absolute atomic E-state index is 0.0592. The standard InChI is InChI=1S/C22H36N8O2/c1-4-9-26-20-18(21(32)27-11-5-10-25-19(31)15-23-2)16-30(3)22(29-20)28-14-8-17-6-12-24-13-7-17/h6-7,12-13,16,22-23,28H,4-5,8-11,14-15H2,1-3H3,(H,25,31)(H,26,29)(H,27,32). The maximum absolute atomic E-state index is 12.8. The second-order valence-corrected chi connectivity index (χ2v) is 7.53. The third kappa shape index (κ3) is 8.64. The van der Waals surface area contributed by atoms with Crippen LogP contribution in [0.15, 0.2) is 41.3 Å². The zero-order valence-electron chi connectivity index (χ0n) is 19.3. The Hall–Kier alpha value is -2.98. The molecule has 32 heavy (non-hydrogen) atoms. The number of hydrogen-bond donors (Lipinski definition) is 5. The Labute approximate surface area is 190 Å². The van der Waals surface area contributed by atoms with Crippen LogP contribution in [0.25, 0.3) is 0 Å². The number of pyridine rings is 1. The van der Waals surface area contributed by atoms with Crippen LogP contribution < -0.4 is 26.6 Å².